The van der Waals surface area contributed by atoms with Gasteiger partial charge in [-0.05, 0) is 49.2 Å². The highest BCUT2D eigenvalue weighted by molar-refractivity contribution is 6.31. The molecule has 22 heavy (non-hydrogen) atoms. The largest absolute Gasteiger partial charge is 0.205 e. The fourth-order valence-electron chi connectivity index (χ4n) is 3.40. The van der Waals surface area contributed by atoms with Crippen LogP contribution in [-0.2, 0) is 6.42 Å². The van der Waals surface area contributed by atoms with E-state index in [9.17, 15) is 4.39 Å². The fraction of sp³-hybridized carbons (Fsp3) is 0.600. The van der Waals surface area contributed by atoms with Crippen molar-refractivity contribution in [1.29, 1.82) is 0 Å². The van der Waals surface area contributed by atoms with Crippen LogP contribution < -0.4 is 0 Å². The minimum atomic E-state index is -0.212. The number of halogens is 2. The van der Waals surface area contributed by atoms with Crippen molar-refractivity contribution >= 4 is 17.2 Å². The lowest BCUT2D eigenvalue weighted by Crippen LogP contribution is -2.06. The number of aryl methyl sites for hydroxylation is 1. The summed E-state index contributed by atoms with van der Waals surface area (Å²) in [5.74, 6) is 0.566. The van der Waals surface area contributed by atoms with Crippen molar-refractivity contribution in [3.63, 3.8) is 0 Å². The van der Waals surface area contributed by atoms with Crippen LogP contribution in [0.2, 0.25) is 5.02 Å². The van der Waals surface area contributed by atoms with Gasteiger partial charge in [0.1, 0.15) is 5.82 Å². The maximum atomic E-state index is 14.6. The molecule has 1 aromatic rings. The van der Waals surface area contributed by atoms with E-state index in [-0.39, 0.29) is 5.82 Å². The third kappa shape index (κ3) is 4.35. The Hall–Kier alpha value is -0.820. The molecule has 0 nitrogen and oxygen atoms in total. The van der Waals surface area contributed by atoms with Crippen molar-refractivity contribution in [3.05, 3.63) is 40.2 Å². The van der Waals surface area contributed by atoms with E-state index >= 15 is 0 Å². The zero-order valence-corrected chi connectivity index (χ0v) is 14.7. The molecule has 0 saturated carbocycles. The molecule has 0 bridgehead atoms. The monoisotopic (exact) mass is 322 g/mol. The van der Waals surface area contributed by atoms with Gasteiger partial charge in [0.15, 0.2) is 0 Å². The molecule has 0 amide bonds. The summed E-state index contributed by atoms with van der Waals surface area (Å²) in [7, 11) is 0. The molecule has 1 aromatic carbocycles. The Morgan fingerprint density at radius 2 is 2.00 bits per heavy atom. The normalized spacial score (nSPS) is 18.4. The van der Waals surface area contributed by atoms with Crippen LogP contribution in [0.15, 0.2) is 18.2 Å². The average Bonchev–Trinajstić information content (AvgIpc) is 2.53. The molecule has 2 rings (SSSR count). The molecule has 0 saturated heterocycles. The molecule has 1 aliphatic carbocycles. The molecule has 0 fully saturated rings. The molecule has 1 atom stereocenters. The zero-order chi connectivity index (χ0) is 15.9. The summed E-state index contributed by atoms with van der Waals surface area (Å²) in [5.41, 5.74) is 2.82. The van der Waals surface area contributed by atoms with E-state index in [2.05, 4.69) is 19.9 Å². The van der Waals surface area contributed by atoms with E-state index in [1.54, 1.807) is 0 Å². The minimum absolute atomic E-state index is 0.212. The molecule has 122 valence electrons. The molecule has 1 unspecified atom stereocenters. The Kier molecular flexibility index (Phi) is 6.95. The maximum absolute atomic E-state index is 14.6. The number of benzene rings is 1. The third-order valence-electron chi connectivity index (χ3n) is 4.77. The molecule has 0 heterocycles. The van der Waals surface area contributed by atoms with Gasteiger partial charge in [-0.15, -0.1) is 0 Å². The molecule has 2 heteroatoms. The molecule has 0 aromatic heterocycles. The van der Waals surface area contributed by atoms with Crippen LogP contribution in [0.25, 0.3) is 5.57 Å². The second kappa shape index (κ2) is 8.72. The van der Waals surface area contributed by atoms with Gasteiger partial charge in [0.2, 0.25) is 0 Å². The first-order valence-electron chi connectivity index (χ1n) is 8.83. The highest BCUT2D eigenvalue weighted by Gasteiger charge is 2.19. The highest BCUT2D eigenvalue weighted by Crippen LogP contribution is 2.36. The van der Waals surface area contributed by atoms with Crippen LogP contribution >= 0.6 is 11.6 Å². The summed E-state index contributed by atoms with van der Waals surface area (Å²) in [5, 5.41) is 0.338. The molecule has 0 N–H and O–H groups in total. The van der Waals surface area contributed by atoms with Gasteiger partial charge in [-0.25, -0.2) is 4.39 Å². The number of unbranched alkanes of at least 4 members (excludes halogenated alkanes) is 2. The summed E-state index contributed by atoms with van der Waals surface area (Å²) in [6.45, 7) is 4.41. The fourth-order valence-corrected chi connectivity index (χ4v) is 3.66. The highest BCUT2D eigenvalue weighted by atomic mass is 35.5. The molecular formula is C20H28ClF. The zero-order valence-electron chi connectivity index (χ0n) is 13.9. The predicted octanol–water partition coefficient (Wildman–Crippen LogP) is 7.20. The second-order valence-corrected chi connectivity index (χ2v) is 6.89. The van der Waals surface area contributed by atoms with Crippen molar-refractivity contribution < 1.29 is 4.39 Å². The molecule has 0 aliphatic heterocycles. The summed E-state index contributed by atoms with van der Waals surface area (Å²) < 4.78 is 14.6. The topological polar surface area (TPSA) is 0 Å². The van der Waals surface area contributed by atoms with Gasteiger partial charge in [-0.3, -0.25) is 0 Å². The first kappa shape index (κ1) is 17.5. The van der Waals surface area contributed by atoms with Gasteiger partial charge in [-0.1, -0.05) is 69.3 Å². The van der Waals surface area contributed by atoms with Crippen molar-refractivity contribution in [1.82, 2.24) is 0 Å². The summed E-state index contributed by atoms with van der Waals surface area (Å²) in [6, 6.07) is 3.96. The van der Waals surface area contributed by atoms with Crippen LogP contribution in [-0.4, -0.2) is 0 Å². The Morgan fingerprint density at radius 1 is 1.18 bits per heavy atom. The first-order chi connectivity index (χ1) is 10.7. The third-order valence-corrected chi connectivity index (χ3v) is 5.18. The quantitative estimate of drug-likeness (QED) is 0.466. The van der Waals surface area contributed by atoms with Crippen LogP contribution in [0, 0.1) is 11.7 Å². The first-order valence-corrected chi connectivity index (χ1v) is 9.21. The molecule has 0 radical (unpaired) electrons. The number of hydrogen-bond acceptors (Lipinski definition) is 0. The van der Waals surface area contributed by atoms with Crippen LogP contribution in [0.1, 0.15) is 76.3 Å². The van der Waals surface area contributed by atoms with Gasteiger partial charge in [0.05, 0.1) is 5.02 Å². The molecule has 1 aliphatic rings. The van der Waals surface area contributed by atoms with Gasteiger partial charge in [0.25, 0.3) is 0 Å². The predicted molar refractivity (Wildman–Crippen MR) is 94.9 cm³/mol. The van der Waals surface area contributed by atoms with Crippen molar-refractivity contribution in [2.75, 3.05) is 0 Å². The van der Waals surface area contributed by atoms with Crippen LogP contribution in [0.4, 0.5) is 4.39 Å². The lowest BCUT2D eigenvalue weighted by atomic mass is 9.84. The number of rotatable bonds is 7. The number of hydrogen-bond donors (Lipinski definition) is 0. The van der Waals surface area contributed by atoms with Gasteiger partial charge < -0.3 is 0 Å². The smallest absolute Gasteiger partial charge is 0.149 e. The van der Waals surface area contributed by atoms with Crippen molar-refractivity contribution in [2.24, 2.45) is 5.92 Å². The SMILES string of the molecule is CCCCCc1ccc(C2=CCC(CCC)CC2)c(F)c1Cl. The summed E-state index contributed by atoms with van der Waals surface area (Å²) in [6.07, 6.45) is 12.3. The Morgan fingerprint density at radius 3 is 2.64 bits per heavy atom. The molecular weight excluding hydrogens is 295 g/mol. The second-order valence-electron chi connectivity index (χ2n) is 6.52. The van der Waals surface area contributed by atoms with E-state index in [0.717, 1.165) is 48.3 Å². The van der Waals surface area contributed by atoms with Crippen molar-refractivity contribution in [3.8, 4) is 0 Å². The lowest BCUT2D eigenvalue weighted by molar-refractivity contribution is 0.444. The van der Waals surface area contributed by atoms with E-state index in [0.29, 0.717) is 5.02 Å². The van der Waals surface area contributed by atoms with Gasteiger partial charge >= 0.3 is 0 Å². The molecule has 0 spiro atoms. The Labute approximate surface area is 139 Å². The van der Waals surface area contributed by atoms with Crippen molar-refractivity contribution in [2.45, 2.75) is 71.6 Å². The Bertz CT molecular complexity index is 519. The lowest BCUT2D eigenvalue weighted by Gasteiger charge is -2.22. The number of allylic oxidation sites excluding steroid dienone is 2. The van der Waals surface area contributed by atoms with E-state index in [1.807, 2.05) is 12.1 Å². The maximum Gasteiger partial charge on any atom is 0.149 e. The van der Waals surface area contributed by atoms with E-state index in [4.69, 9.17) is 11.6 Å². The average molecular weight is 323 g/mol. The standard InChI is InChI=1S/C20H28ClF/c1-3-5-6-8-17-13-14-18(20(22)19(17)21)16-11-9-15(7-4-2)10-12-16/h11,13-15H,3-10,12H2,1-2H3. The van der Waals surface area contributed by atoms with Gasteiger partial charge in [-0.2, -0.15) is 0 Å². The van der Waals surface area contributed by atoms with E-state index < -0.39 is 0 Å². The Balaban J connectivity index is 2.11. The van der Waals surface area contributed by atoms with Crippen LogP contribution in [0.3, 0.4) is 0 Å². The summed E-state index contributed by atoms with van der Waals surface area (Å²) in [4.78, 5) is 0. The summed E-state index contributed by atoms with van der Waals surface area (Å²) >= 11 is 6.27. The van der Waals surface area contributed by atoms with Gasteiger partial charge in [0, 0.05) is 5.56 Å². The minimum Gasteiger partial charge on any atom is -0.205 e. The van der Waals surface area contributed by atoms with E-state index in [1.165, 1.54) is 32.1 Å². The van der Waals surface area contributed by atoms with Crippen LogP contribution in [0.5, 0.6) is 0 Å².